The van der Waals surface area contributed by atoms with Crippen LogP contribution in [0.1, 0.15) is 53.1 Å². The number of hydrogen-bond donors (Lipinski definition) is 1. The van der Waals surface area contributed by atoms with Gasteiger partial charge in [0.1, 0.15) is 5.82 Å². The fourth-order valence-electron chi connectivity index (χ4n) is 4.08. The minimum absolute atomic E-state index is 0.119. The molecule has 2 amide bonds. The van der Waals surface area contributed by atoms with Crippen molar-refractivity contribution in [2.24, 2.45) is 0 Å². The van der Waals surface area contributed by atoms with E-state index in [9.17, 15) is 14.0 Å². The van der Waals surface area contributed by atoms with E-state index >= 15 is 0 Å². The lowest BCUT2D eigenvalue weighted by atomic mass is 10.0. The van der Waals surface area contributed by atoms with E-state index in [1.54, 1.807) is 17.5 Å². The Hall–Kier alpha value is -4.28. The number of aromatic nitrogens is 4. The van der Waals surface area contributed by atoms with Crippen molar-refractivity contribution >= 4 is 23.2 Å². The second kappa shape index (κ2) is 9.06. The molecule has 3 aromatic heterocycles. The number of nitrogens with zero attached hydrogens (tertiary/aromatic N) is 5. The van der Waals surface area contributed by atoms with Crippen LogP contribution >= 0.6 is 0 Å². The molecule has 1 aliphatic rings. The molecule has 11 heteroatoms. The molecule has 0 spiro atoms. The molecule has 36 heavy (non-hydrogen) atoms. The summed E-state index contributed by atoms with van der Waals surface area (Å²) in [5.41, 5.74) is 3.05. The number of amides is 2. The molecule has 4 heterocycles. The zero-order valence-electron chi connectivity index (χ0n) is 20.3. The molecule has 0 bridgehead atoms. The average Bonchev–Trinajstić information content (AvgIpc) is 3.48. The van der Waals surface area contributed by atoms with Crippen LogP contribution < -0.4 is 5.32 Å². The van der Waals surface area contributed by atoms with Gasteiger partial charge >= 0.3 is 6.09 Å². The van der Waals surface area contributed by atoms with Gasteiger partial charge < -0.3 is 19.5 Å². The van der Waals surface area contributed by atoms with E-state index in [4.69, 9.17) is 4.52 Å². The largest absolute Gasteiger partial charge is 0.453 e. The molecule has 0 radical (unpaired) electrons. The highest BCUT2D eigenvalue weighted by atomic mass is 19.1. The molecule has 1 N–H and O–H groups in total. The summed E-state index contributed by atoms with van der Waals surface area (Å²) < 4.78 is 26.5. The molecule has 0 saturated carbocycles. The predicted molar refractivity (Wildman–Crippen MR) is 128 cm³/mol. The summed E-state index contributed by atoms with van der Waals surface area (Å²) in [5.74, 6) is -0.182. The summed E-state index contributed by atoms with van der Waals surface area (Å²) in [6.45, 7) is 6.54. The highest BCUT2D eigenvalue weighted by Crippen LogP contribution is 2.31. The van der Waals surface area contributed by atoms with Crippen molar-refractivity contribution in [3.8, 4) is 11.4 Å². The number of halogens is 1. The maximum Gasteiger partial charge on any atom is 0.409 e. The van der Waals surface area contributed by atoms with Gasteiger partial charge in [0.05, 0.1) is 30.3 Å². The SMILES string of the molecule is COC(=O)N1CC(c2nc(-c3cc(F)c(C)c(NC(=O)c4cnn5cc(C(C)C)ccc45)c3)no2)C1. The Balaban J connectivity index is 1.37. The molecule has 186 valence electrons. The topological polar surface area (TPSA) is 115 Å². The van der Waals surface area contributed by atoms with Gasteiger partial charge in [0.15, 0.2) is 0 Å². The molecular weight excluding hydrogens is 467 g/mol. The van der Waals surface area contributed by atoms with Crippen molar-refractivity contribution in [3.05, 3.63) is 65.1 Å². The Morgan fingerprint density at radius 1 is 1.25 bits per heavy atom. The Morgan fingerprint density at radius 3 is 2.75 bits per heavy atom. The third-order valence-corrected chi connectivity index (χ3v) is 6.41. The maximum absolute atomic E-state index is 14.8. The standard InChI is InChI=1S/C25H25FN6O4/c1-13(2)15-5-6-21-18(9-27-32(21)12-15)23(33)28-20-8-16(7-19(26)14(20)3)22-29-24(36-30-22)17-10-31(11-17)25(34)35-4/h5-9,12-13,17H,10-11H2,1-4H3,(H,28,33). The van der Waals surface area contributed by atoms with Gasteiger partial charge in [-0.25, -0.2) is 13.7 Å². The first-order valence-corrected chi connectivity index (χ1v) is 11.5. The molecule has 0 aliphatic carbocycles. The predicted octanol–water partition coefficient (Wildman–Crippen LogP) is 4.37. The van der Waals surface area contributed by atoms with Crippen LogP contribution in [0.3, 0.4) is 0 Å². The Morgan fingerprint density at radius 2 is 2.03 bits per heavy atom. The van der Waals surface area contributed by atoms with Crippen LogP contribution in [0, 0.1) is 12.7 Å². The van der Waals surface area contributed by atoms with E-state index < -0.39 is 17.8 Å². The zero-order chi connectivity index (χ0) is 25.6. The lowest BCUT2D eigenvalue weighted by molar-refractivity contribution is 0.0804. The molecule has 1 fully saturated rings. The number of methoxy groups -OCH3 is 1. The number of rotatable bonds is 5. The minimum atomic E-state index is -0.518. The molecule has 1 aromatic carbocycles. The van der Waals surface area contributed by atoms with Crippen LogP contribution in [0.15, 0.2) is 41.2 Å². The van der Waals surface area contributed by atoms with Crippen molar-refractivity contribution < 1.29 is 23.2 Å². The van der Waals surface area contributed by atoms with Gasteiger partial charge in [0.25, 0.3) is 5.91 Å². The summed E-state index contributed by atoms with van der Waals surface area (Å²) in [6.07, 6.45) is 2.97. The van der Waals surface area contributed by atoms with Gasteiger partial charge in [-0.3, -0.25) is 4.79 Å². The highest BCUT2D eigenvalue weighted by molar-refractivity contribution is 6.09. The fraction of sp³-hybridized carbons (Fsp3) is 0.320. The number of ether oxygens (including phenoxy) is 1. The summed E-state index contributed by atoms with van der Waals surface area (Å²) in [5, 5.41) is 11.1. The van der Waals surface area contributed by atoms with Crippen molar-refractivity contribution in [2.45, 2.75) is 32.6 Å². The Labute approximate surface area is 206 Å². The highest BCUT2D eigenvalue weighted by Gasteiger charge is 2.36. The van der Waals surface area contributed by atoms with Gasteiger partial charge in [-0.05, 0) is 36.6 Å². The smallest absolute Gasteiger partial charge is 0.409 e. The minimum Gasteiger partial charge on any atom is -0.453 e. The normalized spacial score (nSPS) is 13.8. The van der Waals surface area contributed by atoms with Gasteiger partial charge in [-0.2, -0.15) is 10.1 Å². The van der Waals surface area contributed by atoms with Gasteiger partial charge in [0.2, 0.25) is 11.7 Å². The van der Waals surface area contributed by atoms with Crippen LogP contribution in [0.4, 0.5) is 14.9 Å². The van der Waals surface area contributed by atoms with Gasteiger partial charge in [0, 0.05) is 36.1 Å². The Bertz CT molecular complexity index is 1470. The van der Waals surface area contributed by atoms with Crippen LogP contribution in [0.25, 0.3) is 16.9 Å². The zero-order valence-corrected chi connectivity index (χ0v) is 20.3. The summed E-state index contributed by atoms with van der Waals surface area (Å²) in [7, 11) is 1.32. The first-order chi connectivity index (χ1) is 17.2. The number of carbonyl (C=O) groups is 2. The van der Waals surface area contributed by atoms with Gasteiger partial charge in [-0.1, -0.05) is 25.1 Å². The molecule has 1 aliphatic heterocycles. The number of fused-ring (bicyclic) bond motifs is 1. The van der Waals surface area contributed by atoms with Crippen molar-refractivity contribution in [3.63, 3.8) is 0 Å². The quantitative estimate of drug-likeness (QED) is 0.440. The third-order valence-electron chi connectivity index (χ3n) is 6.41. The third kappa shape index (κ3) is 4.16. The van der Waals surface area contributed by atoms with E-state index in [0.717, 1.165) is 5.56 Å². The van der Waals surface area contributed by atoms with Crippen molar-refractivity contribution in [2.75, 3.05) is 25.5 Å². The van der Waals surface area contributed by atoms with Crippen LogP contribution in [-0.4, -0.2) is 56.9 Å². The molecular formula is C25H25FN6O4. The first kappa shape index (κ1) is 23.5. The number of benzene rings is 1. The molecule has 1 saturated heterocycles. The second-order valence-electron chi connectivity index (χ2n) is 9.12. The first-order valence-electron chi connectivity index (χ1n) is 11.5. The molecule has 10 nitrogen and oxygen atoms in total. The molecule has 5 rings (SSSR count). The van der Waals surface area contributed by atoms with Crippen molar-refractivity contribution in [1.82, 2.24) is 24.7 Å². The monoisotopic (exact) mass is 492 g/mol. The van der Waals surface area contributed by atoms with Gasteiger partial charge in [-0.15, -0.1) is 0 Å². The Kier molecular flexibility index (Phi) is 5.91. The second-order valence-corrected chi connectivity index (χ2v) is 9.12. The average molecular weight is 493 g/mol. The van der Waals surface area contributed by atoms with Crippen molar-refractivity contribution in [1.29, 1.82) is 0 Å². The molecule has 4 aromatic rings. The van der Waals surface area contributed by atoms with E-state index in [0.29, 0.717) is 47.2 Å². The lowest BCUT2D eigenvalue weighted by Gasteiger charge is -2.35. The van der Waals surface area contributed by atoms with E-state index in [-0.39, 0.29) is 17.3 Å². The number of carbonyl (C=O) groups excluding carboxylic acids is 2. The van der Waals surface area contributed by atoms with Crippen LogP contribution in [-0.2, 0) is 4.74 Å². The van der Waals surface area contributed by atoms with Crippen LogP contribution in [0.2, 0.25) is 0 Å². The van der Waals surface area contributed by atoms with E-state index in [1.807, 2.05) is 18.3 Å². The summed E-state index contributed by atoms with van der Waals surface area (Å²) in [6, 6.07) is 6.72. The molecule has 0 atom stereocenters. The fourth-order valence-corrected chi connectivity index (χ4v) is 4.08. The number of hydrogen-bond acceptors (Lipinski definition) is 7. The summed E-state index contributed by atoms with van der Waals surface area (Å²) >= 11 is 0. The maximum atomic E-state index is 14.8. The summed E-state index contributed by atoms with van der Waals surface area (Å²) in [4.78, 5) is 30.5. The number of anilines is 1. The lowest BCUT2D eigenvalue weighted by Crippen LogP contribution is -2.48. The number of nitrogens with one attached hydrogen (secondary N) is 1. The van der Waals surface area contributed by atoms with E-state index in [1.165, 1.54) is 24.3 Å². The van der Waals surface area contributed by atoms with E-state index in [2.05, 4.69) is 39.1 Å². The number of likely N-dealkylation sites (tertiary alicyclic amines) is 1. The van der Waals surface area contributed by atoms with Crippen LogP contribution in [0.5, 0.6) is 0 Å². The number of pyridine rings is 1. The molecule has 0 unspecified atom stereocenters.